The lowest BCUT2D eigenvalue weighted by Gasteiger charge is -2.39. The molecule has 0 radical (unpaired) electrons. The fourth-order valence-corrected chi connectivity index (χ4v) is 5.31. The molecule has 1 amide bonds. The van der Waals surface area contributed by atoms with Crippen LogP contribution in [0.1, 0.15) is 60.7 Å². The van der Waals surface area contributed by atoms with Crippen molar-refractivity contribution in [3.05, 3.63) is 70.5 Å². The highest BCUT2D eigenvalue weighted by Gasteiger charge is 2.39. The number of pyridine rings is 2. The SMILES string of the molecule is CCOC(=O)N1c2ccc(OC)nc2[C@@H](Nc2ncc(-c3nn[nH]n3)cc2Cc2cc(C(F)(F)F)cc(C(F)(F)F)c2)C[C@H]1CC. The number of tetrazole rings is 1. The van der Waals surface area contributed by atoms with Gasteiger partial charge in [0.05, 0.1) is 42.3 Å². The van der Waals surface area contributed by atoms with E-state index in [0.29, 0.717) is 41.9 Å². The molecule has 1 aliphatic heterocycles. The first kappa shape index (κ1) is 32.4. The molecule has 11 nitrogen and oxygen atoms in total. The van der Waals surface area contributed by atoms with Crippen LogP contribution in [0.4, 0.5) is 42.6 Å². The van der Waals surface area contributed by atoms with E-state index in [2.05, 4.69) is 35.9 Å². The first-order chi connectivity index (χ1) is 21.8. The molecular formula is C29H28F6N8O3. The summed E-state index contributed by atoms with van der Waals surface area (Å²) in [5.74, 6) is 0.540. The molecule has 1 aliphatic rings. The standard InChI is InChI=1S/C29H28F6N8O3/c1-4-20-13-21(24-22(6-7-23(38-24)45-3)43(20)27(44)46-5-2)37-25-16(11-17(14-36-25)26-39-41-42-40-26)8-15-9-18(28(30,31)32)12-19(10-15)29(33,34)35/h6-7,9-12,14,20-21H,4-5,8,13H2,1-3H3,(H,36,37)(H,39,40,41,42)/t20-,21+/m1/s1. The van der Waals surface area contributed by atoms with E-state index in [1.807, 2.05) is 6.92 Å². The number of hydrogen-bond donors (Lipinski definition) is 2. The van der Waals surface area contributed by atoms with Gasteiger partial charge in [-0.2, -0.15) is 31.6 Å². The number of nitrogens with one attached hydrogen (secondary N) is 2. The number of H-pyrrole nitrogens is 1. The van der Waals surface area contributed by atoms with Crippen molar-refractivity contribution >= 4 is 17.6 Å². The minimum atomic E-state index is -5.02. The van der Waals surface area contributed by atoms with Crippen LogP contribution < -0.4 is 15.0 Å². The van der Waals surface area contributed by atoms with Gasteiger partial charge < -0.3 is 14.8 Å². The molecule has 2 atom stereocenters. The van der Waals surface area contributed by atoms with Crippen molar-refractivity contribution in [3.63, 3.8) is 0 Å². The maximum Gasteiger partial charge on any atom is 0.416 e. The number of carbonyl (C=O) groups is 1. The van der Waals surface area contributed by atoms with Gasteiger partial charge in [-0.05, 0) is 66.4 Å². The van der Waals surface area contributed by atoms with Gasteiger partial charge in [0.15, 0.2) is 0 Å². The van der Waals surface area contributed by atoms with Crippen molar-refractivity contribution in [2.24, 2.45) is 0 Å². The highest BCUT2D eigenvalue weighted by molar-refractivity contribution is 5.90. The molecule has 0 spiro atoms. The Morgan fingerprint density at radius 3 is 2.37 bits per heavy atom. The van der Waals surface area contributed by atoms with Gasteiger partial charge in [0.2, 0.25) is 11.7 Å². The molecule has 4 aromatic rings. The Kier molecular flexibility index (Phi) is 9.03. The fraction of sp³-hybridized carbons (Fsp3) is 0.379. The summed E-state index contributed by atoms with van der Waals surface area (Å²) in [6.45, 7) is 3.73. The number of alkyl halides is 6. The summed E-state index contributed by atoms with van der Waals surface area (Å²) in [4.78, 5) is 23.5. The van der Waals surface area contributed by atoms with Crippen LogP contribution in [0.5, 0.6) is 5.88 Å². The maximum atomic E-state index is 13.6. The molecule has 0 saturated carbocycles. The number of nitrogens with zero attached hydrogens (tertiary/aromatic N) is 6. The summed E-state index contributed by atoms with van der Waals surface area (Å²) >= 11 is 0. The molecule has 1 aromatic carbocycles. The average molecular weight is 651 g/mol. The summed E-state index contributed by atoms with van der Waals surface area (Å²) in [5, 5.41) is 16.9. The third-order valence-corrected chi connectivity index (χ3v) is 7.41. The van der Waals surface area contributed by atoms with Gasteiger partial charge in [-0.25, -0.2) is 14.8 Å². The quantitative estimate of drug-likeness (QED) is 0.203. The van der Waals surface area contributed by atoms with Crippen molar-refractivity contribution in [1.29, 1.82) is 0 Å². The predicted molar refractivity (Wildman–Crippen MR) is 152 cm³/mol. The van der Waals surface area contributed by atoms with E-state index in [0.717, 1.165) is 0 Å². The van der Waals surface area contributed by atoms with Gasteiger partial charge in [-0.15, -0.1) is 10.2 Å². The van der Waals surface area contributed by atoms with Crippen LogP contribution in [0.3, 0.4) is 0 Å². The van der Waals surface area contributed by atoms with Crippen molar-refractivity contribution in [1.82, 2.24) is 30.6 Å². The predicted octanol–water partition coefficient (Wildman–Crippen LogP) is 6.59. The summed E-state index contributed by atoms with van der Waals surface area (Å²) < 4.78 is 92.5. The van der Waals surface area contributed by atoms with Crippen LogP contribution in [-0.4, -0.2) is 56.4 Å². The van der Waals surface area contributed by atoms with Crippen LogP contribution in [0.2, 0.25) is 0 Å². The van der Waals surface area contributed by atoms with Crippen LogP contribution in [0, 0.1) is 0 Å². The number of benzene rings is 1. The van der Waals surface area contributed by atoms with Crippen molar-refractivity contribution in [3.8, 4) is 17.3 Å². The number of ether oxygens (including phenoxy) is 2. The molecule has 0 aliphatic carbocycles. The van der Waals surface area contributed by atoms with Gasteiger partial charge >= 0.3 is 18.4 Å². The number of aromatic nitrogens is 6. The van der Waals surface area contributed by atoms with Gasteiger partial charge in [0, 0.05) is 30.3 Å². The minimum Gasteiger partial charge on any atom is -0.481 e. The molecule has 3 aromatic heterocycles. The molecule has 0 saturated heterocycles. The third kappa shape index (κ3) is 6.82. The number of rotatable bonds is 8. The van der Waals surface area contributed by atoms with Crippen LogP contribution in [0.25, 0.3) is 11.4 Å². The summed E-state index contributed by atoms with van der Waals surface area (Å²) in [5.41, 5.74) is -1.69. The summed E-state index contributed by atoms with van der Waals surface area (Å²) in [6.07, 6.45) is -8.71. The number of methoxy groups -OCH3 is 1. The van der Waals surface area contributed by atoms with E-state index >= 15 is 0 Å². The lowest BCUT2D eigenvalue weighted by atomic mass is 9.93. The van der Waals surface area contributed by atoms with E-state index in [1.54, 1.807) is 19.1 Å². The Bertz CT molecular complexity index is 1670. The summed E-state index contributed by atoms with van der Waals surface area (Å²) in [7, 11) is 1.43. The van der Waals surface area contributed by atoms with Gasteiger partial charge in [-0.3, -0.25) is 4.90 Å². The first-order valence-corrected chi connectivity index (χ1v) is 14.1. The average Bonchev–Trinajstić information content (AvgIpc) is 3.56. The Balaban J connectivity index is 1.60. The number of carbonyl (C=O) groups excluding carboxylic acids is 1. The Morgan fingerprint density at radius 1 is 1.07 bits per heavy atom. The highest BCUT2D eigenvalue weighted by Crippen LogP contribution is 2.41. The smallest absolute Gasteiger partial charge is 0.416 e. The van der Waals surface area contributed by atoms with Crippen molar-refractivity contribution < 1.29 is 40.6 Å². The fourth-order valence-electron chi connectivity index (χ4n) is 5.31. The second-order valence-corrected chi connectivity index (χ2v) is 10.4. The van der Waals surface area contributed by atoms with Crippen LogP contribution in [0.15, 0.2) is 42.6 Å². The first-order valence-electron chi connectivity index (χ1n) is 14.1. The number of fused-ring (bicyclic) bond motifs is 1. The lowest BCUT2D eigenvalue weighted by Crippen LogP contribution is -2.46. The van der Waals surface area contributed by atoms with Gasteiger partial charge in [0.25, 0.3) is 0 Å². The van der Waals surface area contributed by atoms with E-state index in [4.69, 9.17) is 9.47 Å². The second kappa shape index (κ2) is 12.8. The Labute approximate surface area is 258 Å². The number of anilines is 2. The zero-order valence-corrected chi connectivity index (χ0v) is 24.7. The highest BCUT2D eigenvalue weighted by atomic mass is 19.4. The zero-order chi connectivity index (χ0) is 33.2. The van der Waals surface area contributed by atoms with Crippen molar-refractivity contribution in [2.45, 2.75) is 57.5 Å². The maximum absolute atomic E-state index is 13.6. The molecule has 4 heterocycles. The molecule has 17 heteroatoms. The Hall–Kier alpha value is -4.96. The topological polar surface area (TPSA) is 131 Å². The monoisotopic (exact) mass is 650 g/mol. The molecule has 2 N–H and O–H groups in total. The number of halogens is 6. The van der Waals surface area contributed by atoms with Gasteiger partial charge in [-0.1, -0.05) is 6.92 Å². The molecule has 244 valence electrons. The van der Waals surface area contributed by atoms with E-state index in [1.165, 1.54) is 24.3 Å². The number of hydrogen-bond acceptors (Lipinski definition) is 9. The third-order valence-electron chi connectivity index (χ3n) is 7.41. The molecule has 46 heavy (non-hydrogen) atoms. The minimum absolute atomic E-state index is 0.0782. The van der Waals surface area contributed by atoms with Crippen molar-refractivity contribution in [2.75, 3.05) is 23.9 Å². The molecule has 5 rings (SSSR count). The molecule has 0 bridgehead atoms. The number of aromatic amines is 1. The van der Waals surface area contributed by atoms with Crippen LogP contribution >= 0.6 is 0 Å². The molecule has 0 unspecified atom stereocenters. The lowest BCUT2D eigenvalue weighted by molar-refractivity contribution is -0.143. The largest absolute Gasteiger partial charge is 0.481 e. The second-order valence-electron chi connectivity index (χ2n) is 10.4. The van der Waals surface area contributed by atoms with Gasteiger partial charge in [0.1, 0.15) is 5.82 Å². The Morgan fingerprint density at radius 2 is 1.78 bits per heavy atom. The van der Waals surface area contributed by atoms with E-state index in [9.17, 15) is 31.1 Å². The normalized spacial score (nSPS) is 16.6. The zero-order valence-electron chi connectivity index (χ0n) is 24.7. The van der Waals surface area contributed by atoms with E-state index < -0.39 is 35.6 Å². The number of amides is 1. The molecule has 0 fully saturated rings. The van der Waals surface area contributed by atoms with Crippen LogP contribution in [-0.2, 0) is 23.5 Å². The summed E-state index contributed by atoms with van der Waals surface area (Å²) in [6, 6.07) is 5.25. The molecular weight excluding hydrogens is 622 g/mol. The van der Waals surface area contributed by atoms with E-state index in [-0.39, 0.29) is 53.8 Å².